The number of halogens is 1. The summed E-state index contributed by atoms with van der Waals surface area (Å²) < 4.78 is 0.976. The molecule has 0 saturated carbocycles. The Morgan fingerprint density at radius 2 is 1.97 bits per heavy atom. The van der Waals surface area contributed by atoms with E-state index in [-0.39, 0.29) is 5.91 Å². The van der Waals surface area contributed by atoms with Crippen molar-refractivity contribution in [2.75, 3.05) is 17.2 Å². The number of carbonyl (C=O) groups excluding carboxylic acids is 1. The van der Waals surface area contributed by atoms with Gasteiger partial charge in [-0.25, -0.2) is 15.0 Å². The van der Waals surface area contributed by atoms with Crippen molar-refractivity contribution in [3.63, 3.8) is 0 Å². The van der Waals surface area contributed by atoms with Crippen LogP contribution in [0.2, 0.25) is 0 Å². The molecule has 5 rings (SSSR count). The summed E-state index contributed by atoms with van der Waals surface area (Å²) >= 11 is 3.55. The molecule has 0 saturated heterocycles. The van der Waals surface area contributed by atoms with Gasteiger partial charge in [0.2, 0.25) is 5.91 Å². The first-order chi connectivity index (χ1) is 14.5. The lowest BCUT2D eigenvalue weighted by atomic mass is 9.98. The van der Waals surface area contributed by atoms with Gasteiger partial charge in [0.15, 0.2) is 5.65 Å². The summed E-state index contributed by atoms with van der Waals surface area (Å²) in [6.07, 6.45) is 2.27. The molecule has 3 heterocycles. The Balaban J connectivity index is 1.71. The highest BCUT2D eigenvalue weighted by Crippen LogP contribution is 2.37. The van der Waals surface area contributed by atoms with Gasteiger partial charge in [0.25, 0.3) is 0 Å². The van der Waals surface area contributed by atoms with Crippen molar-refractivity contribution in [2.45, 2.75) is 13.3 Å². The van der Waals surface area contributed by atoms with Crippen LogP contribution in [0.5, 0.6) is 0 Å². The lowest BCUT2D eigenvalue weighted by Gasteiger charge is -2.15. The van der Waals surface area contributed by atoms with Gasteiger partial charge in [-0.2, -0.15) is 0 Å². The van der Waals surface area contributed by atoms with Gasteiger partial charge in [0.1, 0.15) is 12.1 Å². The molecule has 6 nitrogen and oxygen atoms in total. The van der Waals surface area contributed by atoms with Crippen LogP contribution < -0.4 is 10.6 Å². The number of amides is 1. The summed E-state index contributed by atoms with van der Waals surface area (Å²) in [5.74, 6) is 0.467. The molecule has 1 amide bonds. The van der Waals surface area contributed by atoms with Crippen LogP contribution in [0.1, 0.15) is 12.5 Å². The average Bonchev–Trinajstić information content (AvgIpc) is 3.17. The normalized spacial score (nSPS) is 12.9. The predicted octanol–water partition coefficient (Wildman–Crippen LogP) is 4.61. The van der Waals surface area contributed by atoms with Crippen LogP contribution in [-0.4, -0.2) is 27.4 Å². The minimum absolute atomic E-state index is 0.0643. The molecule has 2 N–H and O–H groups in total. The Bertz CT molecular complexity index is 1320. The van der Waals surface area contributed by atoms with E-state index in [2.05, 4.69) is 32.0 Å². The zero-order valence-electron chi connectivity index (χ0n) is 16.3. The molecule has 0 atom stereocenters. The van der Waals surface area contributed by atoms with Crippen molar-refractivity contribution in [1.82, 2.24) is 15.0 Å². The number of pyridine rings is 1. The summed E-state index contributed by atoms with van der Waals surface area (Å²) in [6, 6.07) is 16.2. The molecule has 2 aromatic carbocycles. The predicted molar refractivity (Wildman–Crippen MR) is 122 cm³/mol. The van der Waals surface area contributed by atoms with Gasteiger partial charge < -0.3 is 10.6 Å². The number of rotatable bonds is 2. The zero-order chi connectivity index (χ0) is 20.8. The van der Waals surface area contributed by atoms with Crippen molar-refractivity contribution in [2.24, 2.45) is 0 Å². The molecule has 0 fully saturated rings. The number of aromatic nitrogens is 3. The van der Waals surface area contributed by atoms with Crippen LogP contribution in [0.25, 0.3) is 33.4 Å². The molecule has 0 unspecified atom stereocenters. The molecule has 1 aliphatic rings. The fraction of sp³-hybridized carbons (Fsp3) is 0.130. The van der Waals surface area contributed by atoms with Gasteiger partial charge >= 0.3 is 0 Å². The molecule has 30 heavy (non-hydrogen) atoms. The molecule has 148 valence electrons. The van der Waals surface area contributed by atoms with Gasteiger partial charge in [-0.3, -0.25) is 4.79 Å². The second-order valence-electron chi connectivity index (χ2n) is 7.29. The Kier molecular flexibility index (Phi) is 4.47. The van der Waals surface area contributed by atoms with Crippen LogP contribution in [0.15, 0.2) is 59.3 Å². The monoisotopic (exact) mass is 459 g/mol. The third kappa shape index (κ3) is 3.11. The maximum absolute atomic E-state index is 11.9. The zero-order valence-corrected chi connectivity index (χ0v) is 17.8. The Morgan fingerprint density at radius 3 is 2.77 bits per heavy atom. The maximum Gasteiger partial charge on any atom is 0.223 e. The van der Waals surface area contributed by atoms with Gasteiger partial charge in [0, 0.05) is 29.2 Å². The first-order valence-electron chi connectivity index (χ1n) is 9.60. The van der Waals surface area contributed by atoms with E-state index < -0.39 is 0 Å². The highest BCUT2D eigenvalue weighted by molar-refractivity contribution is 9.10. The van der Waals surface area contributed by atoms with Crippen LogP contribution in [0.4, 0.5) is 11.5 Å². The van der Waals surface area contributed by atoms with Crippen molar-refractivity contribution in [3.8, 4) is 22.4 Å². The molecule has 0 aliphatic carbocycles. The van der Waals surface area contributed by atoms with Gasteiger partial charge in [-0.05, 0) is 53.4 Å². The Morgan fingerprint density at radius 1 is 1.10 bits per heavy atom. The third-order valence-corrected chi connectivity index (χ3v) is 5.91. The number of anilines is 2. The van der Waals surface area contributed by atoms with E-state index in [0.29, 0.717) is 18.0 Å². The highest BCUT2D eigenvalue weighted by atomic mass is 79.9. The second-order valence-corrected chi connectivity index (χ2v) is 8.20. The van der Waals surface area contributed by atoms with Gasteiger partial charge in [-0.15, -0.1) is 0 Å². The third-order valence-electron chi connectivity index (χ3n) is 5.42. The number of nitrogen functional groups attached to an aromatic ring is 1. The quantitative estimate of drug-likeness (QED) is 0.472. The van der Waals surface area contributed by atoms with Crippen molar-refractivity contribution >= 4 is 44.4 Å². The number of nitrogens with two attached hydrogens (primary N) is 1. The smallest absolute Gasteiger partial charge is 0.223 e. The summed E-state index contributed by atoms with van der Waals surface area (Å²) in [7, 11) is 0. The van der Waals surface area contributed by atoms with Crippen LogP contribution in [0, 0.1) is 0 Å². The molecule has 4 aromatic rings. The average molecular weight is 460 g/mol. The van der Waals surface area contributed by atoms with Crippen molar-refractivity contribution in [1.29, 1.82) is 0 Å². The van der Waals surface area contributed by atoms with E-state index in [1.54, 1.807) is 6.92 Å². The van der Waals surface area contributed by atoms with Crippen LogP contribution >= 0.6 is 15.9 Å². The molecule has 0 spiro atoms. The first kappa shape index (κ1) is 18.7. The van der Waals surface area contributed by atoms with E-state index in [1.807, 2.05) is 47.4 Å². The van der Waals surface area contributed by atoms with E-state index >= 15 is 0 Å². The lowest BCUT2D eigenvalue weighted by Crippen LogP contribution is -2.25. The summed E-state index contributed by atoms with van der Waals surface area (Å²) in [5.41, 5.74) is 12.6. The van der Waals surface area contributed by atoms with E-state index in [9.17, 15) is 4.79 Å². The molecule has 7 heteroatoms. The Hall–Kier alpha value is -3.32. The van der Waals surface area contributed by atoms with Crippen LogP contribution in [0.3, 0.4) is 0 Å². The van der Waals surface area contributed by atoms with Gasteiger partial charge in [0.05, 0.1) is 11.1 Å². The minimum Gasteiger partial charge on any atom is -0.383 e. The number of nitrogens with zero attached hydrogens (tertiary/aromatic N) is 4. The molecule has 0 radical (unpaired) electrons. The number of carbonyl (C=O) groups is 1. The summed E-state index contributed by atoms with van der Waals surface area (Å²) in [4.78, 5) is 27.0. The van der Waals surface area contributed by atoms with Crippen LogP contribution in [-0.2, 0) is 11.2 Å². The standard InChI is InChI=1S/C23H18BrN5O/c1-13(30)29-8-7-16-9-15(5-6-20(16)29)19-11-18(14-3-2-4-17(24)10-14)21-22(25)26-12-27-23(21)28-19/h2-6,9-12H,7-8H2,1H3,(H2,25,26,27,28). The lowest BCUT2D eigenvalue weighted by molar-refractivity contribution is -0.116. The fourth-order valence-corrected chi connectivity index (χ4v) is 4.41. The maximum atomic E-state index is 11.9. The second kappa shape index (κ2) is 7.18. The highest BCUT2D eigenvalue weighted by Gasteiger charge is 2.23. The SMILES string of the molecule is CC(=O)N1CCc2cc(-c3cc(-c4cccc(Br)c4)c4c(N)ncnc4n3)ccc21. The fourth-order valence-electron chi connectivity index (χ4n) is 4.01. The van der Waals surface area contributed by atoms with Crippen molar-refractivity contribution < 1.29 is 4.79 Å². The number of hydrogen-bond donors (Lipinski definition) is 1. The first-order valence-corrected chi connectivity index (χ1v) is 10.4. The number of hydrogen-bond acceptors (Lipinski definition) is 5. The molecular formula is C23H18BrN5O. The molecule has 2 aromatic heterocycles. The van der Waals surface area contributed by atoms with Gasteiger partial charge in [-0.1, -0.05) is 34.1 Å². The topological polar surface area (TPSA) is 85.0 Å². The largest absolute Gasteiger partial charge is 0.383 e. The van der Waals surface area contributed by atoms with E-state index in [4.69, 9.17) is 10.7 Å². The number of fused-ring (bicyclic) bond motifs is 2. The minimum atomic E-state index is 0.0643. The van der Waals surface area contributed by atoms with E-state index in [0.717, 1.165) is 49.9 Å². The summed E-state index contributed by atoms with van der Waals surface area (Å²) in [6.45, 7) is 2.31. The molecular weight excluding hydrogens is 442 g/mol. The number of benzene rings is 2. The Labute approximate surface area is 181 Å². The van der Waals surface area contributed by atoms with Crippen molar-refractivity contribution in [3.05, 3.63) is 64.9 Å². The van der Waals surface area contributed by atoms with E-state index in [1.165, 1.54) is 6.33 Å². The summed E-state index contributed by atoms with van der Waals surface area (Å²) in [5, 5.41) is 0.739. The molecule has 1 aliphatic heterocycles. The molecule has 0 bridgehead atoms.